The molecule has 0 radical (unpaired) electrons. The summed E-state index contributed by atoms with van der Waals surface area (Å²) < 4.78 is 5.10. The fraction of sp³-hybridized carbons (Fsp3) is 0.625. The van der Waals surface area contributed by atoms with Crippen LogP contribution in [0.2, 0.25) is 0 Å². The monoisotopic (exact) mass is 185 g/mol. The van der Waals surface area contributed by atoms with Crippen molar-refractivity contribution in [1.29, 1.82) is 0 Å². The number of nitrogens with zero attached hydrogens (tertiary/aromatic N) is 1. The van der Waals surface area contributed by atoms with Gasteiger partial charge < -0.3 is 9.84 Å². The minimum absolute atomic E-state index is 0.139. The predicted molar refractivity (Wildman–Crippen MR) is 46.4 cm³/mol. The first kappa shape index (κ1) is 8.16. The van der Waals surface area contributed by atoms with Crippen molar-refractivity contribution in [2.45, 2.75) is 12.3 Å². The van der Waals surface area contributed by atoms with Crippen LogP contribution in [0.5, 0.6) is 0 Å². The topological polar surface area (TPSA) is 42.4 Å². The van der Waals surface area contributed by atoms with Crippen molar-refractivity contribution >= 4 is 11.3 Å². The van der Waals surface area contributed by atoms with Crippen molar-refractivity contribution in [3.63, 3.8) is 0 Å². The molecule has 2 heterocycles. The van der Waals surface area contributed by atoms with Crippen LogP contribution in [0.15, 0.2) is 5.38 Å². The zero-order valence-corrected chi connectivity index (χ0v) is 7.73. The van der Waals surface area contributed by atoms with E-state index in [1.54, 1.807) is 11.3 Å². The minimum atomic E-state index is -0.182. The summed E-state index contributed by atoms with van der Waals surface area (Å²) >= 11 is 1.61. The number of hydrogen-bond donors (Lipinski definition) is 1. The minimum Gasteiger partial charge on any atom is -0.395 e. The van der Waals surface area contributed by atoms with Gasteiger partial charge in [0.1, 0.15) is 5.01 Å². The Hall–Kier alpha value is -0.450. The molecular weight excluding hydrogens is 174 g/mol. The fourth-order valence-electron chi connectivity index (χ4n) is 1.23. The van der Waals surface area contributed by atoms with Gasteiger partial charge in [0.15, 0.2) is 0 Å². The standard InChI is InChI=1S/C8H11NO2S/c1-6-2-12-7(9-6)8(3-10)4-11-5-8/h2,10H,3-5H2,1H3. The molecule has 66 valence electrons. The predicted octanol–water partition coefficient (Wildman–Crippen LogP) is 0.712. The maximum Gasteiger partial charge on any atom is 0.106 e. The number of ether oxygens (including phenoxy) is 1. The van der Waals surface area contributed by atoms with E-state index in [9.17, 15) is 5.11 Å². The van der Waals surface area contributed by atoms with Gasteiger partial charge in [0.2, 0.25) is 0 Å². The summed E-state index contributed by atoms with van der Waals surface area (Å²) in [6.07, 6.45) is 0. The molecular formula is C8H11NO2S. The van der Waals surface area contributed by atoms with Gasteiger partial charge in [-0.3, -0.25) is 0 Å². The number of aliphatic hydroxyl groups is 1. The Bertz CT molecular complexity index is 275. The Kier molecular flexibility index (Phi) is 1.90. The molecule has 1 aromatic rings. The number of rotatable bonds is 2. The van der Waals surface area contributed by atoms with Crippen LogP contribution in [0, 0.1) is 6.92 Å². The van der Waals surface area contributed by atoms with Crippen LogP contribution in [-0.4, -0.2) is 29.9 Å². The molecule has 3 nitrogen and oxygen atoms in total. The first-order valence-electron chi connectivity index (χ1n) is 3.88. The zero-order chi connectivity index (χ0) is 8.60. The van der Waals surface area contributed by atoms with Crippen molar-refractivity contribution in [1.82, 2.24) is 4.98 Å². The second-order valence-corrected chi connectivity index (χ2v) is 4.08. The summed E-state index contributed by atoms with van der Waals surface area (Å²) in [5, 5.41) is 12.2. The van der Waals surface area contributed by atoms with E-state index in [-0.39, 0.29) is 12.0 Å². The van der Waals surface area contributed by atoms with Crippen molar-refractivity contribution in [3.8, 4) is 0 Å². The SMILES string of the molecule is Cc1csc(C2(CO)COC2)n1. The van der Waals surface area contributed by atoms with E-state index in [1.807, 2.05) is 12.3 Å². The Labute approximate surface area is 75.0 Å². The number of thiazole rings is 1. The second kappa shape index (κ2) is 2.80. The maximum absolute atomic E-state index is 9.19. The third kappa shape index (κ3) is 1.07. The molecule has 4 heteroatoms. The summed E-state index contributed by atoms with van der Waals surface area (Å²) in [6, 6.07) is 0. The summed E-state index contributed by atoms with van der Waals surface area (Å²) in [5.41, 5.74) is 0.841. The summed E-state index contributed by atoms with van der Waals surface area (Å²) in [6.45, 7) is 3.32. The second-order valence-electron chi connectivity index (χ2n) is 3.23. The van der Waals surface area contributed by atoms with Crippen LogP contribution >= 0.6 is 11.3 Å². The molecule has 1 saturated heterocycles. The Morgan fingerprint density at radius 2 is 2.50 bits per heavy atom. The average Bonchev–Trinajstić information content (AvgIpc) is 2.35. The van der Waals surface area contributed by atoms with Gasteiger partial charge in [0.25, 0.3) is 0 Å². The lowest BCUT2D eigenvalue weighted by atomic mass is 9.88. The largest absolute Gasteiger partial charge is 0.395 e. The van der Waals surface area contributed by atoms with Crippen molar-refractivity contribution in [3.05, 3.63) is 16.1 Å². The zero-order valence-electron chi connectivity index (χ0n) is 6.91. The summed E-state index contributed by atoms with van der Waals surface area (Å²) in [4.78, 5) is 4.35. The Morgan fingerprint density at radius 1 is 1.75 bits per heavy atom. The van der Waals surface area contributed by atoms with E-state index in [0.717, 1.165) is 10.7 Å². The highest BCUT2D eigenvalue weighted by Gasteiger charge is 2.42. The third-order valence-corrected chi connectivity index (χ3v) is 3.34. The van der Waals surface area contributed by atoms with E-state index in [4.69, 9.17) is 4.74 Å². The van der Waals surface area contributed by atoms with Crippen molar-refractivity contribution in [2.24, 2.45) is 0 Å². The molecule has 1 aromatic heterocycles. The molecule has 0 aliphatic carbocycles. The van der Waals surface area contributed by atoms with Crippen LogP contribution in [-0.2, 0) is 10.2 Å². The van der Waals surface area contributed by atoms with Crippen LogP contribution in [0.25, 0.3) is 0 Å². The van der Waals surface area contributed by atoms with Gasteiger partial charge in [-0.1, -0.05) is 0 Å². The highest BCUT2D eigenvalue weighted by Crippen LogP contribution is 2.33. The lowest BCUT2D eigenvalue weighted by Gasteiger charge is -2.37. The van der Waals surface area contributed by atoms with E-state index < -0.39 is 0 Å². The lowest BCUT2D eigenvalue weighted by molar-refractivity contribution is -0.0842. The molecule has 0 spiro atoms. The van der Waals surface area contributed by atoms with Gasteiger partial charge in [0.05, 0.1) is 25.2 Å². The van der Waals surface area contributed by atoms with Gasteiger partial charge in [-0.05, 0) is 6.92 Å². The fourth-order valence-corrected chi connectivity index (χ4v) is 2.19. The lowest BCUT2D eigenvalue weighted by Crippen LogP contribution is -2.49. The molecule has 0 amide bonds. The van der Waals surface area contributed by atoms with Crippen LogP contribution < -0.4 is 0 Å². The van der Waals surface area contributed by atoms with Gasteiger partial charge >= 0.3 is 0 Å². The van der Waals surface area contributed by atoms with Crippen LogP contribution in [0.4, 0.5) is 0 Å². The molecule has 1 aliphatic heterocycles. The quantitative estimate of drug-likeness (QED) is 0.738. The summed E-state index contributed by atoms with van der Waals surface area (Å²) in [7, 11) is 0. The Balaban J connectivity index is 2.27. The molecule has 2 rings (SSSR count). The highest BCUT2D eigenvalue weighted by atomic mass is 32.1. The molecule has 0 bridgehead atoms. The molecule has 12 heavy (non-hydrogen) atoms. The van der Waals surface area contributed by atoms with Crippen molar-refractivity contribution in [2.75, 3.05) is 19.8 Å². The molecule has 0 unspecified atom stereocenters. The van der Waals surface area contributed by atoms with Crippen molar-refractivity contribution < 1.29 is 9.84 Å². The van der Waals surface area contributed by atoms with Crippen LogP contribution in [0.3, 0.4) is 0 Å². The summed E-state index contributed by atoms with van der Waals surface area (Å²) in [5.74, 6) is 0. The molecule has 1 fully saturated rings. The molecule has 0 atom stereocenters. The smallest absolute Gasteiger partial charge is 0.106 e. The number of hydrogen-bond acceptors (Lipinski definition) is 4. The van der Waals surface area contributed by atoms with E-state index >= 15 is 0 Å². The third-order valence-electron chi connectivity index (χ3n) is 2.13. The molecule has 1 aliphatic rings. The van der Waals surface area contributed by atoms with E-state index in [0.29, 0.717) is 13.2 Å². The molecule has 0 aromatic carbocycles. The number of aromatic nitrogens is 1. The first-order chi connectivity index (χ1) is 5.77. The maximum atomic E-state index is 9.19. The number of aliphatic hydroxyl groups excluding tert-OH is 1. The average molecular weight is 185 g/mol. The number of aryl methyl sites for hydroxylation is 1. The van der Waals surface area contributed by atoms with Gasteiger partial charge in [-0.25, -0.2) is 4.98 Å². The van der Waals surface area contributed by atoms with E-state index in [2.05, 4.69) is 4.98 Å². The Morgan fingerprint density at radius 3 is 2.83 bits per heavy atom. The van der Waals surface area contributed by atoms with Crippen LogP contribution in [0.1, 0.15) is 10.7 Å². The molecule has 0 saturated carbocycles. The molecule has 1 N–H and O–H groups in total. The van der Waals surface area contributed by atoms with Gasteiger partial charge in [-0.15, -0.1) is 11.3 Å². The van der Waals surface area contributed by atoms with Gasteiger partial charge in [-0.2, -0.15) is 0 Å². The first-order valence-corrected chi connectivity index (χ1v) is 4.76. The highest BCUT2D eigenvalue weighted by molar-refractivity contribution is 7.09. The normalized spacial score (nSPS) is 20.5. The van der Waals surface area contributed by atoms with Gasteiger partial charge in [0, 0.05) is 11.1 Å². The van der Waals surface area contributed by atoms with E-state index in [1.165, 1.54) is 0 Å².